The van der Waals surface area contributed by atoms with Crippen LogP contribution in [0.2, 0.25) is 0 Å². The number of nitrogens with two attached hydrogens (primary N) is 2. The lowest BCUT2D eigenvalue weighted by molar-refractivity contribution is 0.102. The molecule has 20 heavy (non-hydrogen) atoms. The molecule has 9 heteroatoms. The monoisotopic (exact) mass is 312 g/mol. The van der Waals surface area contributed by atoms with E-state index in [9.17, 15) is 13.2 Å². The Kier molecular flexibility index (Phi) is 4.14. The van der Waals surface area contributed by atoms with Crippen LogP contribution in [0.25, 0.3) is 0 Å². The summed E-state index contributed by atoms with van der Waals surface area (Å²) in [6.45, 7) is 0.263. The van der Waals surface area contributed by atoms with E-state index < -0.39 is 15.9 Å². The predicted octanol–water partition coefficient (Wildman–Crippen LogP) is 0.501. The molecule has 5 N–H and O–H groups in total. The third-order valence-electron chi connectivity index (χ3n) is 2.38. The van der Waals surface area contributed by atoms with Crippen LogP contribution in [0.5, 0.6) is 0 Å². The van der Waals surface area contributed by atoms with Crippen molar-refractivity contribution >= 4 is 33.0 Å². The van der Waals surface area contributed by atoms with Crippen LogP contribution in [-0.4, -0.2) is 19.3 Å². The Morgan fingerprint density at radius 1 is 1.40 bits per heavy atom. The quantitative estimate of drug-likeness (QED) is 0.757. The highest BCUT2D eigenvalue weighted by atomic mass is 32.2. The number of sulfonamides is 1. The predicted molar refractivity (Wildman–Crippen MR) is 75.8 cm³/mol. The molecule has 7 nitrogen and oxygen atoms in total. The molecule has 1 aromatic heterocycles. The van der Waals surface area contributed by atoms with Crippen molar-refractivity contribution in [3.8, 4) is 0 Å². The maximum Gasteiger partial charge on any atom is 0.275 e. The molecule has 1 heterocycles. The van der Waals surface area contributed by atoms with Gasteiger partial charge in [-0.25, -0.2) is 18.5 Å². The van der Waals surface area contributed by atoms with Gasteiger partial charge in [0.15, 0.2) is 0 Å². The standard InChI is InChI=1S/C11H12N4O3S2/c12-5-10-15-9(6-19-10)11(16)14-7-2-1-3-8(4-7)20(13,17)18/h1-4,6H,5,12H2,(H,14,16)(H2,13,17,18). The lowest BCUT2D eigenvalue weighted by atomic mass is 10.3. The first-order chi connectivity index (χ1) is 9.40. The molecule has 0 saturated heterocycles. The van der Waals surface area contributed by atoms with Crippen LogP contribution in [0.4, 0.5) is 5.69 Å². The normalized spacial score (nSPS) is 11.3. The van der Waals surface area contributed by atoms with E-state index >= 15 is 0 Å². The Balaban J connectivity index is 2.20. The summed E-state index contributed by atoms with van der Waals surface area (Å²) in [7, 11) is -3.81. The molecule has 2 aromatic rings. The molecule has 1 aromatic carbocycles. The third kappa shape index (κ3) is 3.39. The number of carbonyl (C=O) groups excluding carboxylic acids is 1. The number of primary sulfonamides is 1. The number of nitrogens with one attached hydrogen (secondary N) is 1. The van der Waals surface area contributed by atoms with Gasteiger partial charge in [-0.2, -0.15) is 0 Å². The highest BCUT2D eigenvalue weighted by molar-refractivity contribution is 7.89. The maximum atomic E-state index is 11.9. The molecule has 0 unspecified atom stereocenters. The van der Waals surface area contributed by atoms with Crippen LogP contribution >= 0.6 is 11.3 Å². The van der Waals surface area contributed by atoms with Crippen LogP contribution < -0.4 is 16.2 Å². The molecule has 0 saturated carbocycles. The second-order valence-electron chi connectivity index (χ2n) is 3.86. The minimum atomic E-state index is -3.81. The summed E-state index contributed by atoms with van der Waals surface area (Å²) in [4.78, 5) is 15.9. The van der Waals surface area contributed by atoms with E-state index in [1.807, 2.05) is 0 Å². The van der Waals surface area contributed by atoms with Crippen LogP contribution in [-0.2, 0) is 16.6 Å². The van der Waals surface area contributed by atoms with E-state index in [4.69, 9.17) is 10.9 Å². The van der Waals surface area contributed by atoms with Crippen LogP contribution in [0.3, 0.4) is 0 Å². The number of aromatic nitrogens is 1. The van der Waals surface area contributed by atoms with Crippen molar-refractivity contribution in [2.45, 2.75) is 11.4 Å². The highest BCUT2D eigenvalue weighted by Gasteiger charge is 2.12. The molecule has 0 fully saturated rings. The van der Waals surface area contributed by atoms with E-state index in [0.717, 1.165) is 0 Å². The van der Waals surface area contributed by atoms with Gasteiger partial charge in [0, 0.05) is 17.6 Å². The second kappa shape index (κ2) is 5.67. The van der Waals surface area contributed by atoms with E-state index in [0.29, 0.717) is 10.7 Å². The minimum absolute atomic E-state index is 0.0729. The number of anilines is 1. The van der Waals surface area contributed by atoms with Gasteiger partial charge in [0.25, 0.3) is 5.91 Å². The average Bonchev–Trinajstić information content (AvgIpc) is 2.87. The van der Waals surface area contributed by atoms with Crippen molar-refractivity contribution in [2.24, 2.45) is 10.9 Å². The molecule has 0 aliphatic rings. The Morgan fingerprint density at radius 2 is 2.15 bits per heavy atom. The van der Waals surface area contributed by atoms with Gasteiger partial charge < -0.3 is 11.1 Å². The molecule has 0 aliphatic carbocycles. The van der Waals surface area contributed by atoms with Crippen LogP contribution in [0.15, 0.2) is 34.5 Å². The van der Waals surface area contributed by atoms with Crippen molar-refractivity contribution in [3.05, 3.63) is 40.3 Å². The minimum Gasteiger partial charge on any atom is -0.325 e. The summed E-state index contributed by atoms with van der Waals surface area (Å²) in [5, 5.41) is 9.81. The lowest BCUT2D eigenvalue weighted by Gasteiger charge is -2.05. The number of rotatable bonds is 4. The zero-order valence-corrected chi connectivity index (χ0v) is 11.9. The van der Waals surface area contributed by atoms with Crippen LogP contribution in [0.1, 0.15) is 15.5 Å². The number of hydrogen-bond donors (Lipinski definition) is 3. The topological polar surface area (TPSA) is 128 Å². The first-order valence-corrected chi connectivity index (χ1v) is 7.91. The van der Waals surface area contributed by atoms with Gasteiger partial charge in [-0.05, 0) is 18.2 Å². The largest absolute Gasteiger partial charge is 0.325 e. The van der Waals surface area contributed by atoms with Crippen molar-refractivity contribution in [1.29, 1.82) is 0 Å². The van der Waals surface area contributed by atoms with Gasteiger partial charge >= 0.3 is 0 Å². The van der Waals surface area contributed by atoms with Crippen molar-refractivity contribution in [1.82, 2.24) is 4.98 Å². The van der Waals surface area contributed by atoms with Gasteiger partial charge in [0.05, 0.1) is 4.90 Å². The number of nitrogens with zero attached hydrogens (tertiary/aromatic N) is 1. The fraction of sp³-hybridized carbons (Fsp3) is 0.0909. The molecule has 0 bridgehead atoms. The van der Waals surface area contributed by atoms with Crippen molar-refractivity contribution in [3.63, 3.8) is 0 Å². The summed E-state index contributed by atoms with van der Waals surface area (Å²) >= 11 is 1.28. The zero-order valence-electron chi connectivity index (χ0n) is 10.2. The third-order valence-corrected chi connectivity index (χ3v) is 4.16. The second-order valence-corrected chi connectivity index (χ2v) is 6.36. The molecule has 0 atom stereocenters. The molecular weight excluding hydrogens is 300 g/mol. The molecule has 0 aliphatic heterocycles. The summed E-state index contributed by atoms with van der Waals surface area (Å²) in [6.07, 6.45) is 0. The molecule has 0 spiro atoms. The summed E-state index contributed by atoms with van der Waals surface area (Å²) in [5.74, 6) is -0.437. The fourth-order valence-corrected chi connectivity index (χ4v) is 2.67. The molecular formula is C11H12N4O3S2. The Bertz CT molecular complexity index is 740. The summed E-state index contributed by atoms with van der Waals surface area (Å²) in [6, 6.07) is 5.67. The SMILES string of the molecule is NCc1nc(C(=O)Nc2cccc(S(N)(=O)=O)c2)cs1. The first-order valence-electron chi connectivity index (χ1n) is 5.49. The van der Waals surface area contributed by atoms with Gasteiger partial charge in [-0.3, -0.25) is 4.79 Å². The van der Waals surface area contributed by atoms with Crippen molar-refractivity contribution in [2.75, 3.05) is 5.32 Å². The summed E-state index contributed by atoms with van der Waals surface area (Å²) < 4.78 is 22.4. The summed E-state index contributed by atoms with van der Waals surface area (Å²) in [5.41, 5.74) is 5.98. The van der Waals surface area contributed by atoms with Gasteiger partial charge in [-0.1, -0.05) is 6.07 Å². The number of hydrogen-bond acceptors (Lipinski definition) is 6. The first kappa shape index (κ1) is 14.6. The number of thiazole rings is 1. The molecule has 2 rings (SSSR count). The van der Waals surface area contributed by atoms with E-state index in [-0.39, 0.29) is 17.1 Å². The Morgan fingerprint density at radius 3 is 2.75 bits per heavy atom. The Labute approximate surface area is 119 Å². The molecule has 1 amide bonds. The molecule has 106 valence electrons. The smallest absolute Gasteiger partial charge is 0.275 e. The fourth-order valence-electron chi connectivity index (χ4n) is 1.45. The highest BCUT2D eigenvalue weighted by Crippen LogP contribution is 2.16. The van der Waals surface area contributed by atoms with E-state index in [2.05, 4.69) is 10.3 Å². The van der Waals surface area contributed by atoms with Gasteiger partial charge in [0.2, 0.25) is 10.0 Å². The van der Waals surface area contributed by atoms with Gasteiger partial charge in [-0.15, -0.1) is 11.3 Å². The lowest BCUT2D eigenvalue weighted by Crippen LogP contribution is -2.15. The van der Waals surface area contributed by atoms with Crippen LogP contribution in [0, 0.1) is 0 Å². The maximum absolute atomic E-state index is 11.9. The number of amides is 1. The number of benzene rings is 1. The zero-order chi connectivity index (χ0) is 14.8. The molecule has 0 radical (unpaired) electrons. The van der Waals surface area contributed by atoms with Crippen molar-refractivity contribution < 1.29 is 13.2 Å². The number of carbonyl (C=O) groups is 1. The average molecular weight is 312 g/mol. The van der Waals surface area contributed by atoms with E-state index in [1.165, 1.54) is 29.5 Å². The Hall–Kier alpha value is -1.81. The van der Waals surface area contributed by atoms with E-state index in [1.54, 1.807) is 11.4 Å². The van der Waals surface area contributed by atoms with Gasteiger partial charge in [0.1, 0.15) is 10.7 Å².